The molecule has 0 radical (unpaired) electrons. The van der Waals surface area contributed by atoms with Crippen molar-refractivity contribution in [3.63, 3.8) is 0 Å². The van der Waals surface area contributed by atoms with E-state index in [1.165, 1.54) is 38.4 Å². The van der Waals surface area contributed by atoms with Gasteiger partial charge in [-0.15, -0.1) is 0 Å². The normalized spacial score (nSPS) is 16.7. The van der Waals surface area contributed by atoms with Gasteiger partial charge < -0.3 is 23.8 Å². The Morgan fingerprint density at radius 2 is 2.00 bits per heavy atom. The molecule has 1 aliphatic rings. The summed E-state index contributed by atoms with van der Waals surface area (Å²) >= 11 is 0. The average molecular weight is 492 g/mol. The van der Waals surface area contributed by atoms with Crippen molar-refractivity contribution in [1.29, 1.82) is 0 Å². The molecule has 0 fully saturated rings. The van der Waals surface area contributed by atoms with Crippen LogP contribution in [0.5, 0.6) is 0 Å². The van der Waals surface area contributed by atoms with Crippen LogP contribution in [0, 0.1) is 12.7 Å². The van der Waals surface area contributed by atoms with Crippen molar-refractivity contribution in [1.82, 2.24) is 19.9 Å². The first-order valence-electron chi connectivity index (χ1n) is 10.7. The molecule has 0 spiro atoms. The molecular formula is C23H20F4N4O4. The van der Waals surface area contributed by atoms with Crippen LogP contribution in [-0.2, 0) is 18.2 Å². The van der Waals surface area contributed by atoms with Crippen LogP contribution >= 0.6 is 0 Å². The average Bonchev–Trinajstić information content (AvgIpc) is 3.49. The molecule has 3 aromatic heterocycles. The Balaban J connectivity index is 1.67. The number of benzene rings is 1. The number of fused-ring (bicyclic) bond motifs is 2. The van der Waals surface area contributed by atoms with Crippen molar-refractivity contribution in [3.8, 4) is 0 Å². The largest absolute Gasteiger partial charge is 0.458 e. The standard InChI is InChI=1S/C23H20F4N4O4/c1-10-12-8-11(24)4-5-14(12)34-17(10)16-15-13(28-9-29-15)6-7-31(16)20(32)18-19(23(25,26)27)30-21(35-18)22(2,3)33/h4-5,8-9,16,33H,6-7H2,1-3H3,(H,28,29)/t16-/m0/s1. The van der Waals surface area contributed by atoms with E-state index in [0.717, 1.165) is 4.90 Å². The number of aliphatic hydroxyl groups is 1. The third-order valence-corrected chi connectivity index (χ3v) is 5.98. The number of aryl methyl sites for hydroxylation is 1. The first kappa shape index (κ1) is 23.1. The Kier molecular flexibility index (Phi) is 5.06. The minimum Gasteiger partial charge on any atom is -0.458 e. The van der Waals surface area contributed by atoms with Crippen molar-refractivity contribution in [3.05, 3.63) is 70.4 Å². The fourth-order valence-corrected chi connectivity index (χ4v) is 4.28. The molecule has 8 nitrogen and oxygen atoms in total. The Bertz CT molecular complexity index is 1440. The number of halogens is 4. The lowest BCUT2D eigenvalue weighted by molar-refractivity contribution is -0.141. The van der Waals surface area contributed by atoms with Crippen molar-refractivity contribution in [2.24, 2.45) is 0 Å². The number of carbonyl (C=O) groups excluding carboxylic acids is 1. The number of rotatable bonds is 3. The first-order valence-corrected chi connectivity index (χ1v) is 10.7. The molecule has 35 heavy (non-hydrogen) atoms. The molecule has 184 valence electrons. The van der Waals surface area contributed by atoms with Gasteiger partial charge in [0.15, 0.2) is 5.69 Å². The lowest BCUT2D eigenvalue weighted by atomic mass is 9.97. The summed E-state index contributed by atoms with van der Waals surface area (Å²) in [4.78, 5) is 25.4. The number of hydrogen-bond donors (Lipinski definition) is 2. The van der Waals surface area contributed by atoms with Crippen molar-refractivity contribution in [2.75, 3.05) is 6.54 Å². The van der Waals surface area contributed by atoms with Gasteiger partial charge in [0.25, 0.3) is 5.91 Å². The van der Waals surface area contributed by atoms with Crippen LogP contribution in [0.2, 0.25) is 0 Å². The number of furan rings is 1. The number of hydrogen-bond acceptors (Lipinski definition) is 6. The quantitative estimate of drug-likeness (QED) is 0.404. The zero-order chi connectivity index (χ0) is 25.3. The van der Waals surface area contributed by atoms with E-state index in [1.807, 2.05) is 0 Å². The number of imidazole rings is 1. The van der Waals surface area contributed by atoms with Crippen LogP contribution < -0.4 is 0 Å². The van der Waals surface area contributed by atoms with E-state index in [-0.39, 0.29) is 12.3 Å². The minimum absolute atomic E-state index is 0.0133. The number of oxazole rings is 1. The summed E-state index contributed by atoms with van der Waals surface area (Å²) in [5.74, 6) is -3.02. The molecule has 0 unspecified atom stereocenters. The summed E-state index contributed by atoms with van der Waals surface area (Å²) in [5.41, 5.74) is -1.43. The molecule has 2 N–H and O–H groups in total. The predicted octanol–water partition coefficient (Wildman–Crippen LogP) is 4.63. The highest BCUT2D eigenvalue weighted by Crippen LogP contribution is 2.41. The van der Waals surface area contributed by atoms with Crippen LogP contribution in [-0.4, -0.2) is 37.4 Å². The highest BCUT2D eigenvalue weighted by atomic mass is 19.4. The van der Waals surface area contributed by atoms with Crippen LogP contribution in [0.25, 0.3) is 11.0 Å². The van der Waals surface area contributed by atoms with Crippen molar-refractivity contribution >= 4 is 16.9 Å². The van der Waals surface area contributed by atoms with Gasteiger partial charge in [-0.05, 0) is 39.0 Å². The number of aromatic amines is 1. The number of aromatic nitrogens is 3. The van der Waals surface area contributed by atoms with Gasteiger partial charge in [0.2, 0.25) is 11.7 Å². The van der Waals surface area contributed by atoms with E-state index in [0.29, 0.717) is 34.3 Å². The topological polar surface area (TPSA) is 108 Å². The van der Waals surface area contributed by atoms with Crippen LogP contribution in [0.1, 0.15) is 64.7 Å². The minimum atomic E-state index is -5.01. The van der Waals surface area contributed by atoms with Crippen LogP contribution in [0.4, 0.5) is 17.6 Å². The molecule has 0 aliphatic carbocycles. The number of H-pyrrole nitrogens is 1. The Hall–Kier alpha value is -3.67. The van der Waals surface area contributed by atoms with E-state index < -0.39 is 46.9 Å². The fraction of sp³-hybridized carbons (Fsp3) is 0.348. The first-order chi connectivity index (χ1) is 16.4. The highest BCUT2D eigenvalue weighted by molar-refractivity contribution is 5.94. The summed E-state index contributed by atoms with van der Waals surface area (Å²) < 4.78 is 66.4. The van der Waals surface area contributed by atoms with Gasteiger partial charge >= 0.3 is 6.18 Å². The fourth-order valence-electron chi connectivity index (χ4n) is 4.28. The SMILES string of the molecule is Cc1c([C@@H]2c3nc[nH]c3CCN2C(=O)c2oc(C(C)(C)O)nc2C(F)(F)F)oc2ccc(F)cc12. The summed E-state index contributed by atoms with van der Waals surface area (Å²) in [5, 5.41) is 10.6. The van der Waals surface area contributed by atoms with Crippen LogP contribution in [0.15, 0.2) is 33.4 Å². The third kappa shape index (κ3) is 3.77. The van der Waals surface area contributed by atoms with E-state index in [2.05, 4.69) is 15.0 Å². The van der Waals surface area contributed by atoms with Crippen molar-refractivity contribution < 1.29 is 36.3 Å². The number of nitrogens with zero attached hydrogens (tertiary/aromatic N) is 3. The molecule has 0 saturated carbocycles. The molecule has 0 saturated heterocycles. The summed E-state index contributed by atoms with van der Waals surface area (Å²) in [6, 6.07) is 2.94. The number of amides is 1. The maximum Gasteiger partial charge on any atom is 0.437 e. The van der Waals surface area contributed by atoms with Gasteiger partial charge in [0, 0.05) is 29.6 Å². The maximum atomic E-state index is 13.9. The molecular weight excluding hydrogens is 472 g/mol. The molecule has 4 heterocycles. The Morgan fingerprint density at radius 3 is 2.69 bits per heavy atom. The smallest absolute Gasteiger partial charge is 0.437 e. The number of alkyl halides is 3. The molecule has 0 bridgehead atoms. The second kappa shape index (κ2) is 7.67. The molecule has 1 amide bonds. The predicted molar refractivity (Wildman–Crippen MR) is 113 cm³/mol. The number of carbonyl (C=O) groups is 1. The summed E-state index contributed by atoms with van der Waals surface area (Å²) in [7, 11) is 0. The van der Waals surface area contributed by atoms with Crippen LogP contribution in [0.3, 0.4) is 0 Å². The zero-order valence-corrected chi connectivity index (χ0v) is 18.8. The van der Waals surface area contributed by atoms with Crippen molar-refractivity contribution in [2.45, 2.75) is 45.0 Å². The molecule has 1 aliphatic heterocycles. The second-order valence-electron chi connectivity index (χ2n) is 8.90. The molecule has 1 atom stereocenters. The number of nitrogens with one attached hydrogen (secondary N) is 1. The monoisotopic (exact) mass is 492 g/mol. The maximum absolute atomic E-state index is 13.9. The Morgan fingerprint density at radius 1 is 1.26 bits per heavy atom. The second-order valence-corrected chi connectivity index (χ2v) is 8.90. The molecule has 5 rings (SSSR count). The van der Waals surface area contributed by atoms with E-state index in [9.17, 15) is 27.5 Å². The van der Waals surface area contributed by atoms with Gasteiger partial charge in [0.05, 0.1) is 12.0 Å². The van der Waals surface area contributed by atoms with Gasteiger partial charge in [0.1, 0.15) is 28.8 Å². The van der Waals surface area contributed by atoms with E-state index in [1.54, 1.807) is 6.92 Å². The molecule has 1 aromatic carbocycles. The zero-order valence-electron chi connectivity index (χ0n) is 18.8. The van der Waals surface area contributed by atoms with E-state index >= 15 is 0 Å². The lowest BCUT2D eigenvalue weighted by Crippen LogP contribution is -2.41. The van der Waals surface area contributed by atoms with Gasteiger partial charge in [-0.1, -0.05) is 0 Å². The van der Waals surface area contributed by atoms with Gasteiger partial charge in [-0.3, -0.25) is 4.79 Å². The summed E-state index contributed by atoms with van der Waals surface area (Å²) in [6.45, 7) is 4.08. The van der Waals surface area contributed by atoms with E-state index in [4.69, 9.17) is 8.83 Å². The Labute approximate surface area is 195 Å². The highest BCUT2D eigenvalue weighted by Gasteiger charge is 2.46. The molecule has 4 aromatic rings. The third-order valence-electron chi connectivity index (χ3n) is 5.98. The van der Waals surface area contributed by atoms with Gasteiger partial charge in [-0.25, -0.2) is 14.4 Å². The summed E-state index contributed by atoms with van der Waals surface area (Å²) in [6.07, 6.45) is -3.29. The lowest BCUT2D eigenvalue weighted by Gasteiger charge is -2.33. The van der Waals surface area contributed by atoms with Gasteiger partial charge in [-0.2, -0.15) is 13.2 Å². The molecule has 12 heteroatoms.